The van der Waals surface area contributed by atoms with E-state index in [2.05, 4.69) is 18.2 Å². The van der Waals surface area contributed by atoms with Gasteiger partial charge in [-0.3, -0.25) is 4.79 Å². The van der Waals surface area contributed by atoms with E-state index in [0.29, 0.717) is 5.92 Å². The highest BCUT2D eigenvalue weighted by molar-refractivity contribution is 6.09. The fourth-order valence-electron chi connectivity index (χ4n) is 3.00. The third-order valence-electron chi connectivity index (χ3n) is 4.33. The lowest BCUT2D eigenvalue weighted by Crippen LogP contribution is -2.15. The molecule has 0 spiro atoms. The van der Waals surface area contributed by atoms with Gasteiger partial charge in [0.1, 0.15) is 0 Å². The van der Waals surface area contributed by atoms with Gasteiger partial charge in [0.25, 0.3) is 0 Å². The average Bonchev–Trinajstić information content (AvgIpc) is 2.38. The van der Waals surface area contributed by atoms with E-state index in [1.165, 1.54) is 37.7 Å². The molecule has 0 N–H and O–H groups in total. The van der Waals surface area contributed by atoms with Crippen molar-refractivity contribution in [3.63, 3.8) is 0 Å². The Morgan fingerprint density at radius 3 is 2.56 bits per heavy atom. The van der Waals surface area contributed by atoms with Gasteiger partial charge in [-0.05, 0) is 55.6 Å². The van der Waals surface area contributed by atoms with E-state index in [9.17, 15) is 4.79 Å². The highest BCUT2D eigenvalue weighted by Crippen LogP contribution is 2.38. The molecule has 18 heavy (non-hydrogen) atoms. The van der Waals surface area contributed by atoms with Crippen LogP contribution in [-0.4, -0.2) is 5.78 Å². The van der Waals surface area contributed by atoms with E-state index in [1.807, 2.05) is 12.1 Å². The van der Waals surface area contributed by atoms with Crippen LogP contribution in [0.5, 0.6) is 0 Å². The predicted octanol–water partition coefficient (Wildman–Crippen LogP) is 4.64. The summed E-state index contributed by atoms with van der Waals surface area (Å²) in [6.45, 7) is 0. The van der Waals surface area contributed by atoms with Crippen LogP contribution in [0.4, 0.5) is 0 Å². The number of ketones is 1. The minimum atomic E-state index is 0.289. The minimum absolute atomic E-state index is 0.289. The standard InChI is InChI=1S/C17H20O/c18-17(14-7-2-1-3-8-14)16-12-5-4-11-15(16)13-9-6-10-13/h4-5,7,11-13H,1-3,6,8-10H2. The molecule has 0 amide bonds. The molecule has 2 aliphatic carbocycles. The summed E-state index contributed by atoms with van der Waals surface area (Å²) in [5.41, 5.74) is 3.31. The number of hydrogen-bond acceptors (Lipinski definition) is 1. The van der Waals surface area contributed by atoms with E-state index >= 15 is 0 Å². The van der Waals surface area contributed by atoms with Crippen LogP contribution in [0.2, 0.25) is 0 Å². The minimum Gasteiger partial charge on any atom is -0.289 e. The molecular weight excluding hydrogens is 220 g/mol. The molecular formula is C17H20O. The van der Waals surface area contributed by atoms with Gasteiger partial charge < -0.3 is 0 Å². The summed E-state index contributed by atoms with van der Waals surface area (Å²) < 4.78 is 0. The molecule has 2 aliphatic rings. The Kier molecular flexibility index (Phi) is 3.31. The van der Waals surface area contributed by atoms with E-state index in [1.54, 1.807) is 0 Å². The maximum atomic E-state index is 12.6. The van der Waals surface area contributed by atoms with Crippen LogP contribution in [0.3, 0.4) is 0 Å². The van der Waals surface area contributed by atoms with Gasteiger partial charge in [-0.2, -0.15) is 0 Å². The molecule has 0 radical (unpaired) electrons. The monoisotopic (exact) mass is 240 g/mol. The summed E-state index contributed by atoms with van der Waals surface area (Å²) in [5.74, 6) is 0.923. The Labute approximate surface area is 109 Å². The van der Waals surface area contributed by atoms with Gasteiger partial charge in [0, 0.05) is 5.56 Å². The zero-order chi connectivity index (χ0) is 12.4. The summed E-state index contributed by atoms with van der Waals surface area (Å²) in [4.78, 5) is 12.6. The van der Waals surface area contributed by atoms with Crippen LogP contribution in [0.1, 0.15) is 66.8 Å². The van der Waals surface area contributed by atoms with Crippen LogP contribution in [-0.2, 0) is 0 Å². The zero-order valence-corrected chi connectivity index (χ0v) is 10.8. The molecule has 1 nitrogen and oxygen atoms in total. The average molecular weight is 240 g/mol. The van der Waals surface area contributed by atoms with E-state index < -0.39 is 0 Å². The number of hydrogen-bond donors (Lipinski definition) is 0. The zero-order valence-electron chi connectivity index (χ0n) is 10.8. The Bertz CT molecular complexity index is 480. The van der Waals surface area contributed by atoms with Gasteiger partial charge in [-0.15, -0.1) is 0 Å². The van der Waals surface area contributed by atoms with Crippen molar-refractivity contribution in [3.05, 3.63) is 47.0 Å². The predicted molar refractivity (Wildman–Crippen MR) is 73.9 cm³/mol. The maximum Gasteiger partial charge on any atom is 0.188 e. The van der Waals surface area contributed by atoms with Crippen LogP contribution < -0.4 is 0 Å². The van der Waals surface area contributed by atoms with Gasteiger partial charge in [-0.1, -0.05) is 36.8 Å². The van der Waals surface area contributed by atoms with E-state index in [0.717, 1.165) is 24.0 Å². The summed E-state index contributed by atoms with van der Waals surface area (Å²) in [6.07, 6.45) is 10.4. The SMILES string of the molecule is O=C(C1=CCCCC1)c1ccccc1C1CCC1. The molecule has 0 aromatic heterocycles. The van der Waals surface area contributed by atoms with Crippen molar-refractivity contribution >= 4 is 5.78 Å². The van der Waals surface area contributed by atoms with Crippen LogP contribution in [0.25, 0.3) is 0 Å². The van der Waals surface area contributed by atoms with Gasteiger partial charge in [-0.25, -0.2) is 0 Å². The van der Waals surface area contributed by atoms with Gasteiger partial charge in [0.2, 0.25) is 0 Å². The number of allylic oxidation sites excluding steroid dienone is 2. The number of Topliss-reactive ketones (excluding diaryl/α,β-unsaturated/α-hetero) is 1. The second kappa shape index (κ2) is 5.09. The number of carbonyl (C=O) groups is 1. The van der Waals surface area contributed by atoms with Gasteiger partial charge >= 0.3 is 0 Å². The van der Waals surface area contributed by atoms with Gasteiger partial charge in [0.15, 0.2) is 5.78 Å². The van der Waals surface area contributed by atoms with E-state index in [4.69, 9.17) is 0 Å². The number of carbonyl (C=O) groups excluding carboxylic acids is 1. The van der Waals surface area contributed by atoms with Crippen molar-refractivity contribution in [3.8, 4) is 0 Å². The molecule has 0 aliphatic heterocycles. The third-order valence-corrected chi connectivity index (χ3v) is 4.33. The molecule has 0 bridgehead atoms. The molecule has 0 heterocycles. The highest BCUT2D eigenvalue weighted by atomic mass is 16.1. The molecule has 1 fully saturated rings. The first-order valence-corrected chi connectivity index (χ1v) is 7.19. The van der Waals surface area contributed by atoms with Crippen molar-refractivity contribution < 1.29 is 4.79 Å². The number of rotatable bonds is 3. The topological polar surface area (TPSA) is 17.1 Å². The normalized spacial score (nSPS) is 20.1. The quantitative estimate of drug-likeness (QED) is 0.703. The summed E-state index contributed by atoms with van der Waals surface area (Å²) >= 11 is 0. The summed E-state index contributed by atoms with van der Waals surface area (Å²) in [6, 6.07) is 8.24. The first-order valence-electron chi connectivity index (χ1n) is 7.19. The van der Waals surface area contributed by atoms with Crippen LogP contribution in [0.15, 0.2) is 35.9 Å². The molecule has 0 atom stereocenters. The maximum absolute atomic E-state index is 12.6. The lowest BCUT2D eigenvalue weighted by Gasteiger charge is -2.28. The second-order valence-corrected chi connectivity index (χ2v) is 5.52. The summed E-state index contributed by atoms with van der Waals surface area (Å²) in [5, 5.41) is 0. The van der Waals surface area contributed by atoms with Crippen LogP contribution >= 0.6 is 0 Å². The van der Waals surface area contributed by atoms with Crippen LogP contribution in [0, 0.1) is 0 Å². The van der Waals surface area contributed by atoms with Crippen molar-refractivity contribution in [2.24, 2.45) is 0 Å². The van der Waals surface area contributed by atoms with Crippen molar-refractivity contribution in [2.45, 2.75) is 50.9 Å². The fraction of sp³-hybridized carbons (Fsp3) is 0.471. The molecule has 1 saturated carbocycles. The molecule has 94 valence electrons. The lowest BCUT2D eigenvalue weighted by atomic mass is 9.77. The van der Waals surface area contributed by atoms with Crippen molar-refractivity contribution in [1.82, 2.24) is 0 Å². The Balaban J connectivity index is 1.90. The fourth-order valence-corrected chi connectivity index (χ4v) is 3.00. The van der Waals surface area contributed by atoms with Crippen molar-refractivity contribution in [1.29, 1.82) is 0 Å². The Morgan fingerprint density at radius 1 is 1.06 bits per heavy atom. The van der Waals surface area contributed by atoms with E-state index in [-0.39, 0.29) is 5.78 Å². The summed E-state index contributed by atoms with van der Waals surface area (Å²) in [7, 11) is 0. The molecule has 1 aromatic rings. The highest BCUT2D eigenvalue weighted by Gasteiger charge is 2.25. The van der Waals surface area contributed by atoms with Gasteiger partial charge in [0.05, 0.1) is 0 Å². The molecule has 3 rings (SSSR count). The molecule has 1 aromatic carbocycles. The first kappa shape index (κ1) is 11.7. The third kappa shape index (κ3) is 2.14. The van der Waals surface area contributed by atoms with Crippen molar-refractivity contribution in [2.75, 3.05) is 0 Å². The molecule has 1 heteroatoms. The number of benzene rings is 1. The lowest BCUT2D eigenvalue weighted by molar-refractivity contribution is 0.102. The Hall–Kier alpha value is -1.37. The largest absolute Gasteiger partial charge is 0.289 e. The second-order valence-electron chi connectivity index (χ2n) is 5.52. The smallest absolute Gasteiger partial charge is 0.188 e. The Morgan fingerprint density at radius 2 is 1.89 bits per heavy atom. The molecule has 0 saturated heterocycles. The first-order chi connectivity index (χ1) is 8.86. The molecule has 0 unspecified atom stereocenters.